The Morgan fingerprint density at radius 3 is 2.62 bits per heavy atom. The van der Waals surface area contributed by atoms with E-state index in [4.69, 9.17) is 0 Å². The summed E-state index contributed by atoms with van der Waals surface area (Å²) in [5, 5.41) is 12.2. The number of rotatable bonds is 6. The average molecular weight is 377 g/mol. The van der Waals surface area contributed by atoms with Gasteiger partial charge in [-0.1, -0.05) is 0 Å². The zero-order valence-corrected chi connectivity index (χ0v) is 15.6. The molecule has 1 N–H and O–H groups in total. The summed E-state index contributed by atoms with van der Waals surface area (Å²) in [6, 6.07) is 5.34. The standard InChI is InChI=1S/C17H23N5O3S/c1-17(13-18,14-4-5-14)20-16(23)12-21-7-9-22(10-8-21)26(24,25)15-3-2-6-19-11-15/h2-3,6,11,14H,4-5,7-10,12H2,1H3,(H,20,23). The van der Waals surface area contributed by atoms with Crippen LogP contribution in [0.2, 0.25) is 0 Å². The molecule has 1 amide bonds. The summed E-state index contributed by atoms with van der Waals surface area (Å²) in [4.78, 5) is 18.2. The van der Waals surface area contributed by atoms with Gasteiger partial charge in [0.05, 0.1) is 12.6 Å². The van der Waals surface area contributed by atoms with Crippen molar-refractivity contribution in [3.05, 3.63) is 24.5 Å². The lowest BCUT2D eigenvalue weighted by Gasteiger charge is -2.34. The van der Waals surface area contributed by atoms with Gasteiger partial charge >= 0.3 is 0 Å². The number of piperazine rings is 1. The van der Waals surface area contributed by atoms with Gasteiger partial charge in [0, 0.05) is 38.6 Å². The third-order valence-corrected chi connectivity index (χ3v) is 6.88. The number of nitrogens with zero attached hydrogens (tertiary/aromatic N) is 4. The number of nitriles is 1. The number of nitrogens with one attached hydrogen (secondary N) is 1. The van der Waals surface area contributed by atoms with Gasteiger partial charge in [0.2, 0.25) is 15.9 Å². The molecule has 1 aromatic rings. The number of carbonyl (C=O) groups excluding carboxylic acids is 1. The van der Waals surface area contributed by atoms with Gasteiger partial charge in [0.15, 0.2) is 0 Å². The molecule has 26 heavy (non-hydrogen) atoms. The number of pyridine rings is 1. The number of carbonyl (C=O) groups is 1. The van der Waals surface area contributed by atoms with E-state index in [1.165, 1.54) is 22.8 Å². The second-order valence-corrected chi connectivity index (χ2v) is 8.94. The Morgan fingerprint density at radius 1 is 1.38 bits per heavy atom. The predicted octanol–water partition coefficient (Wildman–Crippen LogP) is 0.196. The lowest BCUT2D eigenvalue weighted by atomic mass is 9.98. The summed E-state index contributed by atoms with van der Waals surface area (Å²) in [5.41, 5.74) is -0.803. The number of sulfonamides is 1. The molecule has 2 aliphatic rings. The fourth-order valence-corrected chi connectivity index (χ4v) is 4.58. The van der Waals surface area contributed by atoms with E-state index in [0.29, 0.717) is 26.2 Å². The Bertz CT molecular complexity index is 795. The molecule has 1 saturated carbocycles. The molecule has 0 radical (unpaired) electrons. The molecule has 3 rings (SSSR count). The first-order valence-corrected chi connectivity index (χ1v) is 10.1. The molecule has 8 nitrogen and oxygen atoms in total. The fraction of sp³-hybridized carbons (Fsp3) is 0.588. The molecule has 0 spiro atoms. The van der Waals surface area contributed by atoms with Crippen molar-refractivity contribution < 1.29 is 13.2 Å². The third-order valence-electron chi connectivity index (χ3n) is 5.00. The van der Waals surface area contributed by atoms with E-state index in [2.05, 4.69) is 16.4 Å². The van der Waals surface area contributed by atoms with Crippen molar-refractivity contribution in [2.45, 2.75) is 30.2 Å². The molecule has 1 saturated heterocycles. The van der Waals surface area contributed by atoms with Crippen LogP contribution in [0.4, 0.5) is 0 Å². The summed E-state index contributed by atoms with van der Waals surface area (Å²) in [6.07, 6.45) is 4.81. The molecule has 9 heteroatoms. The minimum atomic E-state index is -3.55. The molecule has 0 aromatic carbocycles. The molecular weight excluding hydrogens is 354 g/mol. The Kier molecular flexibility index (Phi) is 5.27. The zero-order chi connectivity index (χ0) is 18.8. The predicted molar refractivity (Wildman–Crippen MR) is 94.3 cm³/mol. The van der Waals surface area contributed by atoms with Gasteiger partial charge < -0.3 is 5.32 Å². The highest BCUT2D eigenvalue weighted by Crippen LogP contribution is 2.39. The highest BCUT2D eigenvalue weighted by molar-refractivity contribution is 7.89. The summed E-state index contributed by atoms with van der Waals surface area (Å²) in [5.74, 6) is 0.0439. The molecule has 2 heterocycles. The second-order valence-electron chi connectivity index (χ2n) is 7.01. The van der Waals surface area contributed by atoms with E-state index in [0.717, 1.165) is 12.8 Å². The number of hydrogen-bond acceptors (Lipinski definition) is 6. The minimum absolute atomic E-state index is 0.171. The van der Waals surface area contributed by atoms with Gasteiger partial charge in [0.25, 0.3) is 0 Å². The Hall–Kier alpha value is -2.02. The third kappa shape index (κ3) is 4.03. The molecular formula is C17H23N5O3S. The van der Waals surface area contributed by atoms with Crippen LogP contribution < -0.4 is 5.32 Å². The topological polar surface area (TPSA) is 106 Å². The van der Waals surface area contributed by atoms with Crippen LogP contribution in [0.25, 0.3) is 0 Å². The summed E-state index contributed by atoms with van der Waals surface area (Å²) in [6.45, 7) is 3.52. The maximum Gasteiger partial charge on any atom is 0.244 e. The second kappa shape index (κ2) is 7.31. The van der Waals surface area contributed by atoms with Crippen molar-refractivity contribution in [3.63, 3.8) is 0 Å². The van der Waals surface area contributed by atoms with Gasteiger partial charge in [-0.25, -0.2) is 8.42 Å². The maximum atomic E-state index is 12.6. The van der Waals surface area contributed by atoms with Crippen molar-refractivity contribution >= 4 is 15.9 Å². The molecule has 1 aliphatic heterocycles. The summed E-state index contributed by atoms with van der Waals surface area (Å²) in [7, 11) is -3.55. The first kappa shape index (κ1) is 18.8. The first-order valence-electron chi connectivity index (χ1n) is 8.70. The van der Waals surface area contributed by atoms with Crippen LogP contribution in [0.3, 0.4) is 0 Å². The summed E-state index contributed by atoms with van der Waals surface area (Å²) >= 11 is 0. The van der Waals surface area contributed by atoms with Crippen molar-refractivity contribution in [1.82, 2.24) is 19.5 Å². The molecule has 1 aromatic heterocycles. The van der Waals surface area contributed by atoms with Crippen molar-refractivity contribution in [1.29, 1.82) is 5.26 Å². The zero-order valence-electron chi connectivity index (χ0n) is 14.8. The first-order chi connectivity index (χ1) is 12.3. The van der Waals surface area contributed by atoms with Crippen LogP contribution in [0.1, 0.15) is 19.8 Å². The van der Waals surface area contributed by atoms with Crippen LogP contribution in [0, 0.1) is 17.2 Å². The average Bonchev–Trinajstić information content (AvgIpc) is 3.48. The maximum absolute atomic E-state index is 12.6. The van der Waals surface area contributed by atoms with Crippen LogP contribution in [-0.4, -0.2) is 66.8 Å². The molecule has 0 bridgehead atoms. The summed E-state index contributed by atoms with van der Waals surface area (Å²) < 4.78 is 26.6. The van der Waals surface area contributed by atoms with Crippen LogP contribution in [-0.2, 0) is 14.8 Å². The van der Waals surface area contributed by atoms with Crippen molar-refractivity contribution in [3.8, 4) is 6.07 Å². The largest absolute Gasteiger partial charge is 0.337 e. The lowest BCUT2D eigenvalue weighted by Crippen LogP contribution is -2.54. The van der Waals surface area contributed by atoms with E-state index in [-0.39, 0.29) is 23.3 Å². The van der Waals surface area contributed by atoms with Gasteiger partial charge in [0.1, 0.15) is 10.4 Å². The SMILES string of the molecule is CC(C#N)(NC(=O)CN1CCN(S(=O)(=O)c2cccnc2)CC1)C1CC1. The number of aromatic nitrogens is 1. The van der Waals surface area contributed by atoms with Gasteiger partial charge in [-0.15, -0.1) is 0 Å². The van der Waals surface area contributed by atoms with E-state index >= 15 is 0 Å². The van der Waals surface area contributed by atoms with Crippen molar-refractivity contribution in [2.24, 2.45) is 5.92 Å². The highest BCUT2D eigenvalue weighted by atomic mass is 32.2. The molecule has 2 fully saturated rings. The normalized spacial score (nSPS) is 21.5. The number of hydrogen-bond donors (Lipinski definition) is 1. The number of amides is 1. The van der Waals surface area contributed by atoms with E-state index in [1.807, 2.05) is 4.90 Å². The van der Waals surface area contributed by atoms with Crippen LogP contribution in [0.5, 0.6) is 0 Å². The Labute approximate surface area is 153 Å². The molecule has 140 valence electrons. The molecule has 1 unspecified atom stereocenters. The molecule has 1 aliphatic carbocycles. The van der Waals surface area contributed by atoms with Crippen LogP contribution >= 0.6 is 0 Å². The quantitative estimate of drug-likeness (QED) is 0.759. The Morgan fingerprint density at radius 2 is 2.08 bits per heavy atom. The van der Waals surface area contributed by atoms with E-state index in [9.17, 15) is 18.5 Å². The lowest BCUT2D eigenvalue weighted by molar-refractivity contribution is -0.123. The monoisotopic (exact) mass is 377 g/mol. The van der Waals surface area contributed by atoms with E-state index in [1.54, 1.807) is 13.0 Å². The van der Waals surface area contributed by atoms with E-state index < -0.39 is 15.6 Å². The minimum Gasteiger partial charge on any atom is -0.337 e. The Balaban J connectivity index is 1.53. The fourth-order valence-electron chi connectivity index (χ4n) is 3.19. The van der Waals surface area contributed by atoms with Crippen LogP contribution in [0.15, 0.2) is 29.4 Å². The molecule has 1 atom stereocenters. The van der Waals surface area contributed by atoms with Gasteiger partial charge in [-0.3, -0.25) is 14.7 Å². The smallest absolute Gasteiger partial charge is 0.244 e. The highest BCUT2D eigenvalue weighted by Gasteiger charge is 2.43. The van der Waals surface area contributed by atoms with Crippen molar-refractivity contribution in [2.75, 3.05) is 32.7 Å². The van der Waals surface area contributed by atoms with Gasteiger partial charge in [-0.2, -0.15) is 9.57 Å². The van der Waals surface area contributed by atoms with Gasteiger partial charge in [-0.05, 0) is 37.8 Å².